The Morgan fingerprint density at radius 1 is 1.33 bits per heavy atom. The number of ether oxygens (including phenoxy) is 1. The molecule has 1 aromatic rings. The first-order valence-corrected chi connectivity index (χ1v) is 7.39. The average Bonchev–Trinajstić information content (AvgIpc) is 2.20. The number of carboxylic acids is 1. The van der Waals surface area contributed by atoms with Crippen LogP contribution in [0.1, 0.15) is 18.1 Å². The number of hydrogen-bond acceptors (Lipinski definition) is 4. The van der Waals surface area contributed by atoms with Crippen LogP contribution in [0, 0.1) is 13.8 Å². The molecule has 1 unspecified atom stereocenters. The van der Waals surface area contributed by atoms with Gasteiger partial charge >= 0.3 is 5.97 Å². The zero-order valence-corrected chi connectivity index (χ0v) is 11.7. The number of aliphatic carboxylic acids is 1. The Hall–Kier alpha value is -1.27. The first-order chi connectivity index (χ1) is 8.12. The van der Waals surface area contributed by atoms with E-state index in [1.807, 2.05) is 0 Å². The van der Waals surface area contributed by atoms with Crippen LogP contribution in [0.3, 0.4) is 0 Å². The number of hydrogen-bond donors (Lipinski definition) is 1. The van der Waals surface area contributed by atoms with E-state index in [1.54, 1.807) is 13.8 Å². The summed E-state index contributed by atoms with van der Waals surface area (Å²) < 4.78 is 27.8. The van der Waals surface area contributed by atoms with Gasteiger partial charge in [0.25, 0.3) is 9.05 Å². The SMILES string of the molecule is Cc1cc(S(=O)(=O)Cl)c(C)cc1OC(C)C(=O)O. The Bertz CT molecular complexity index is 579. The molecule has 0 aromatic heterocycles. The molecule has 0 spiro atoms. The minimum atomic E-state index is -3.82. The van der Waals surface area contributed by atoms with Crippen LogP contribution in [0.4, 0.5) is 0 Å². The van der Waals surface area contributed by atoms with Crippen molar-refractivity contribution in [1.82, 2.24) is 0 Å². The van der Waals surface area contributed by atoms with Crippen molar-refractivity contribution in [2.45, 2.75) is 31.8 Å². The molecule has 0 amide bonds. The Balaban J connectivity index is 3.20. The third-order valence-corrected chi connectivity index (χ3v) is 3.85. The molecule has 1 atom stereocenters. The van der Waals surface area contributed by atoms with Crippen LogP contribution in [-0.2, 0) is 13.8 Å². The molecule has 0 aliphatic carbocycles. The highest BCUT2D eigenvalue weighted by Gasteiger charge is 2.18. The fraction of sp³-hybridized carbons (Fsp3) is 0.364. The van der Waals surface area contributed by atoms with E-state index in [1.165, 1.54) is 19.1 Å². The molecule has 0 radical (unpaired) electrons. The van der Waals surface area contributed by atoms with Crippen LogP contribution in [-0.4, -0.2) is 25.6 Å². The minimum Gasteiger partial charge on any atom is -0.479 e. The van der Waals surface area contributed by atoms with E-state index in [0.717, 1.165) is 0 Å². The second kappa shape index (κ2) is 5.16. The molecule has 0 heterocycles. The Morgan fingerprint density at radius 3 is 2.33 bits per heavy atom. The highest BCUT2D eigenvalue weighted by molar-refractivity contribution is 8.13. The lowest BCUT2D eigenvalue weighted by atomic mass is 10.1. The summed E-state index contributed by atoms with van der Waals surface area (Å²) in [4.78, 5) is 10.7. The first kappa shape index (κ1) is 14.8. The fourth-order valence-corrected chi connectivity index (χ4v) is 2.65. The molecule has 18 heavy (non-hydrogen) atoms. The van der Waals surface area contributed by atoms with Crippen molar-refractivity contribution in [1.29, 1.82) is 0 Å². The zero-order chi connectivity index (χ0) is 14.1. The molecule has 0 bridgehead atoms. The second-order valence-corrected chi connectivity index (χ2v) is 6.45. The van der Waals surface area contributed by atoms with Gasteiger partial charge in [0.15, 0.2) is 6.10 Å². The molecule has 7 heteroatoms. The van der Waals surface area contributed by atoms with Gasteiger partial charge in [-0.15, -0.1) is 0 Å². The molecule has 0 saturated carbocycles. The average molecular weight is 293 g/mol. The van der Waals surface area contributed by atoms with Crippen LogP contribution < -0.4 is 4.74 Å². The summed E-state index contributed by atoms with van der Waals surface area (Å²) in [5.74, 6) is -0.771. The highest BCUT2D eigenvalue weighted by atomic mass is 35.7. The molecule has 1 rings (SSSR count). The van der Waals surface area contributed by atoms with Crippen molar-refractivity contribution in [3.8, 4) is 5.75 Å². The van der Waals surface area contributed by atoms with E-state index in [4.69, 9.17) is 20.5 Å². The summed E-state index contributed by atoms with van der Waals surface area (Å²) in [6, 6.07) is 2.83. The summed E-state index contributed by atoms with van der Waals surface area (Å²) in [6.45, 7) is 4.57. The van der Waals surface area contributed by atoms with Gasteiger partial charge in [-0.25, -0.2) is 13.2 Å². The molecule has 1 aromatic carbocycles. The lowest BCUT2D eigenvalue weighted by Gasteiger charge is -2.14. The van der Waals surface area contributed by atoms with Crippen LogP contribution in [0.15, 0.2) is 17.0 Å². The quantitative estimate of drug-likeness (QED) is 0.859. The number of carbonyl (C=O) groups is 1. The molecule has 100 valence electrons. The van der Waals surface area contributed by atoms with Gasteiger partial charge in [-0.3, -0.25) is 0 Å². The van der Waals surface area contributed by atoms with Gasteiger partial charge in [0.2, 0.25) is 0 Å². The van der Waals surface area contributed by atoms with Gasteiger partial charge in [-0.1, -0.05) is 0 Å². The van der Waals surface area contributed by atoms with E-state index in [2.05, 4.69) is 0 Å². The topological polar surface area (TPSA) is 80.7 Å². The lowest BCUT2D eigenvalue weighted by Crippen LogP contribution is -2.23. The molecular formula is C11H13ClO5S. The third kappa shape index (κ3) is 3.36. The van der Waals surface area contributed by atoms with E-state index >= 15 is 0 Å². The predicted molar refractivity (Wildman–Crippen MR) is 66.7 cm³/mol. The normalized spacial score (nSPS) is 13.1. The summed E-state index contributed by atoms with van der Waals surface area (Å²) in [5.41, 5.74) is 0.913. The lowest BCUT2D eigenvalue weighted by molar-refractivity contribution is -0.144. The number of benzene rings is 1. The maximum atomic E-state index is 11.3. The Morgan fingerprint density at radius 2 is 1.89 bits per heavy atom. The van der Waals surface area contributed by atoms with Crippen LogP contribution >= 0.6 is 10.7 Å². The van der Waals surface area contributed by atoms with Crippen LogP contribution in [0.5, 0.6) is 5.75 Å². The predicted octanol–water partition coefficient (Wildman–Crippen LogP) is 2.08. The molecule has 0 aliphatic rings. The maximum Gasteiger partial charge on any atom is 0.344 e. The van der Waals surface area contributed by atoms with Gasteiger partial charge < -0.3 is 9.84 Å². The van der Waals surface area contributed by atoms with E-state index in [-0.39, 0.29) is 4.90 Å². The van der Waals surface area contributed by atoms with E-state index in [0.29, 0.717) is 16.9 Å². The van der Waals surface area contributed by atoms with E-state index in [9.17, 15) is 13.2 Å². The van der Waals surface area contributed by atoms with E-state index < -0.39 is 21.1 Å². The van der Waals surface area contributed by atoms with Crippen molar-refractivity contribution in [2.24, 2.45) is 0 Å². The van der Waals surface area contributed by atoms with Gasteiger partial charge in [0.05, 0.1) is 4.90 Å². The zero-order valence-electron chi connectivity index (χ0n) is 10.1. The summed E-state index contributed by atoms with van der Waals surface area (Å²) in [7, 11) is 1.46. The molecule has 0 aliphatic heterocycles. The number of aryl methyl sites for hydroxylation is 2. The van der Waals surface area contributed by atoms with Gasteiger partial charge in [0.1, 0.15) is 5.75 Å². The summed E-state index contributed by atoms with van der Waals surface area (Å²) >= 11 is 0. The molecule has 0 fully saturated rings. The molecule has 0 saturated heterocycles. The van der Waals surface area contributed by atoms with Crippen molar-refractivity contribution in [3.63, 3.8) is 0 Å². The number of halogens is 1. The molecular weight excluding hydrogens is 280 g/mol. The van der Waals surface area contributed by atoms with Crippen molar-refractivity contribution >= 4 is 25.7 Å². The Kier molecular flexibility index (Phi) is 4.24. The molecule has 5 nitrogen and oxygen atoms in total. The standard InChI is InChI=1S/C11H13ClO5S/c1-6-5-10(18(12,15)16)7(2)4-9(6)17-8(3)11(13)14/h4-5,8H,1-3H3,(H,13,14). The van der Waals surface area contributed by atoms with Crippen LogP contribution in [0.2, 0.25) is 0 Å². The Labute approximate surface area is 110 Å². The summed E-state index contributed by atoms with van der Waals surface area (Å²) in [6.07, 6.45) is -1.01. The first-order valence-electron chi connectivity index (χ1n) is 5.08. The number of rotatable bonds is 4. The maximum absolute atomic E-state index is 11.3. The largest absolute Gasteiger partial charge is 0.479 e. The van der Waals surface area contributed by atoms with Gasteiger partial charge in [-0.2, -0.15) is 0 Å². The van der Waals surface area contributed by atoms with Gasteiger partial charge in [0, 0.05) is 10.7 Å². The third-order valence-electron chi connectivity index (χ3n) is 2.39. The molecule has 1 N–H and O–H groups in total. The van der Waals surface area contributed by atoms with Gasteiger partial charge in [-0.05, 0) is 44.0 Å². The summed E-state index contributed by atoms with van der Waals surface area (Å²) in [5, 5.41) is 8.75. The fourth-order valence-electron chi connectivity index (χ4n) is 1.39. The monoisotopic (exact) mass is 292 g/mol. The number of carboxylic acid groups (broad SMARTS) is 1. The minimum absolute atomic E-state index is 0.00278. The van der Waals surface area contributed by atoms with Crippen molar-refractivity contribution < 1.29 is 23.1 Å². The van der Waals surface area contributed by atoms with Crippen molar-refractivity contribution in [2.75, 3.05) is 0 Å². The highest BCUT2D eigenvalue weighted by Crippen LogP contribution is 2.28. The second-order valence-electron chi connectivity index (χ2n) is 3.92. The van der Waals surface area contributed by atoms with Crippen molar-refractivity contribution in [3.05, 3.63) is 23.3 Å². The smallest absolute Gasteiger partial charge is 0.344 e. The van der Waals surface area contributed by atoms with Crippen LogP contribution in [0.25, 0.3) is 0 Å².